The number of hydrogen-bond acceptors (Lipinski definition) is 4. The summed E-state index contributed by atoms with van der Waals surface area (Å²) in [6.45, 7) is 0. The molecule has 0 unspecified atom stereocenters. The molecule has 92 valence electrons. The Bertz CT molecular complexity index is 408. The molecule has 0 bridgehead atoms. The summed E-state index contributed by atoms with van der Waals surface area (Å²) in [7, 11) is 1.52. The van der Waals surface area contributed by atoms with Gasteiger partial charge in [0.25, 0.3) is 5.91 Å². The third kappa shape index (κ3) is 2.55. The molecule has 0 aromatic carbocycles. The molecule has 0 spiro atoms. The number of methoxy groups -OCH3 is 1. The molecule has 0 aliphatic heterocycles. The fourth-order valence-electron chi connectivity index (χ4n) is 2.13. The molecule has 1 aliphatic rings. The highest BCUT2D eigenvalue weighted by Gasteiger charge is 2.26. The summed E-state index contributed by atoms with van der Waals surface area (Å²) >= 11 is 0. The van der Waals surface area contributed by atoms with Crippen molar-refractivity contribution in [3.8, 4) is 5.75 Å². The Hall–Kier alpha value is -1.62. The maximum Gasteiger partial charge on any atom is 0.274 e. The lowest BCUT2D eigenvalue weighted by Crippen LogP contribution is -2.44. The predicted molar refractivity (Wildman–Crippen MR) is 63.9 cm³/mol. The lowest BCUT2D eigenvalue weighted by Gasteiger charge is -2.17. The van der Waals surface area contributed by atoms with E-state index >= 15 is 0 Å². The van der Waals surface area contributed by atoms with E-state index in [9.17, 15) is 4.79 Å². The molecule has 5 heteroatoms. The number of rotatable bonds is 3. The molecule has 1 aromatic rings. The minimum atomic E-state index is -0.218. The van der Waals surface area contributed by atoms with Crippen molar-refractivity contribution in [3.05, 3.63) is 24.0 Å². The minimum Gasteiger partial charge on any atom is -0.494 e. The Kier molecular flexibility index (Phi) is 3.58. The number of pyridine rings is 1. The summed E-state index contributed by atoms with van der Waals surface area (Å²) in [5.41, 5.74) is 6.22. The molecule has 3 N–H and O–H groups in total. The van der Waals surface area contributed by atoms with Crippen LogP contribution in [0, 0.1) is 0 Å². The molecule has 1 aliphatic carbocycles. The zero-order valence-electron chi connectivity index (χ0n) is 9.85. The van der Waals surface area contributed by atoms with Crippen LogP contribution in [0.25, 0.3) is 0 Å². The first-order valence-corrected chi connectivity index (χ1v) is 5.78. The van der Waals surface area contributed by atoms with Crippen molar-refractivity contribution in [2.75, 3.05) is 7.11 Å². The molecule has 17 heavy (non-hydrogen) atoms. The van der Waals surface area contributed by atoms with Crippen LogP contribution in [-0.4, -0.2) is 30.1 Å². The lowest BCUT2D eigenvalue weighted by molar-refractivity contribution is 0.0926. The van der Waals surface area contributed by atoms with Gasteiger partial charge in [0.2, 0.25) is 0 Å². The molecule has 0 radical (unpaired) electrons. The summed E-state index contributed by atoms with van der Waals surface area (Å²) in [5.74, 6) is 0.265. The van der Waals surface area contributed by atoms with Crippen LogP contribution in [-0.2, 0) is 0 Å². The van der Waals surface area contributed by atoms with Crippen molar-refractivity contribution in [2.24, 2.45) is 5.73 Å². The molecule has 1 amide bonds. The van der Waals surface area contributed by atoms with Crippen molar-refractivity contribution in [3.63, 3.8) is 0 Å². The summed E-state index contributed by atoms with van der Waals surface area (Å²) < 4.78 is 5.10. The van der Waals surface area contributed by atoms with Crippen molar-refractivity contribution in [1.82, 2.24) is 10.3 Å². The van der Waals surface area contributed by atoms with Crippen LogP contribution in [0.3, 0.4) is 0 Å². The van der Waals surface area contributed by atoms with Crippen LogP contribution in [0.15, 0.2) is 18.3 Å². The monoisotopic (exact) mass is 235 g/mol. The molecular weight excluding hydrogens is 218 g/mol. The van der Waals surface area contributed by atoms with E-state index in [4.69, 9.17) is 10.5 Å². The number of aromatic nitrogens is 1. The van der Waals surface area contributed by atoms with Gasteiger partial charge in [-0.05, 0) is 31.4 Å². The van der Waals surface area contributed by atoms with E-state index in [1.54, 1.807) is 18.3 Å². The lowest BCUT2D eigenvalue weighted by atomic mass is 10.2. The van der Waals surface area contributed by atoms with E-state index in [1.807, 2.05) is 0 Å². The highest BCUT2D eigenvalue weighted by molar-refractivity contribution is 5.95. The Morgan fingerprint density at radius 3 is 3.06 bits per heavy atom. The molecule has 1 heterocycles. The second-order valence-electron chi connectivity index (χ2n) is 4.23. The topological polar surface area (TPSA) is 77.2 Å². The number of carbonyl (C=O) groups is 1. The van der Waals surface area contributed by atoms with Crippen LogP contribution in [0.5, 0.6) is 5.75 Å². The largest absolute Gasteiger partial charge is 0.494 e. The zero-order chi connectivity index (χ0) is 12.3. The van der Waals surface area contributed by atoms with Gasteiger partial charge >= 0.3 is 0 Å². The summed E-state index contributed by atoms with van der Waals surface area (Å²) in [4.78, 5) is 16.1. The van der Waals surface area contributed by atoms with Gasteiger partial charge in [0.05, 0.1) is 7.11 Å². The standard InChI is InChI=1S/C12H17N3O2/c1-17-10-6-3-7-14-11(10)12(16)15-9-5-2-4-8(9)13/h3,6-9H,2,4-5,13H2,1H3,(H,15,16)/t8-,9-/m0/s1. The number of amides is 1. The van der Waals surface area contributed by atoms with Gasteiger partial charge in [-0.1, -0.05) is 0 Å². The second-order valence-corrected chi connectivity index (χ2v) is 4.23. The van der Waals surface area contributed by atoms with Crippen molar-refractivity contribution in [2.45, 2.75) is 31.3 Å². The van der Waals surface area contributed by atoms with E-state index in [2.05, 4.69) is 10.3 Å². The molecular formula is C12H17N3O2. The van der Waals surface area contributed by atoms with Gasteiger partial charge in [0.15, 0.2) is 5.69 Å². The average molecular weight is 235 g/mol. The zero-order valence-corrected chi connectivity index (χ0v) is 9.85. The van der Waals surface area contributed by atoms with Crippen molar-refractivity contribution < 1.29 is 9.53 Å². The van der Waals surface area contributed by atoms with Crippen LogP contribution in [0.1, 0.15) is 29.8 Å². The molecule has 5 nitrogen and oxygen atoms in total. The first-order valence-electron chi connectivity index (χ1n) is 5.78. The smallest absolute Gasteiger partial charge is 0.274 e. The van der Waals surface area contributed by atoms with E-state index in [-0.39, 0.29) is 18.0 Å². The molecule has 0 saturated heterocycles. The van der Waals surface area contributed by atoms with Crippen LogP contribution in [0.4, 0.5) is 0 Å². The Morgan fingerprint density at radius 2 is 2.41 bits per heavy atom. The van der Waals surface area contributed by atoms with Gasteiger partial charge < -0.3 is 15.8 Å². The first-order chi connectivity index (χ1) is 8.22. The maximum atomic E-state index is 12.0. The SMILES string of the molecule is COc1cccnc1C(=O)N[C@H]1CCC[C@@H]1N. The van der Waals surface area contributed by atoms with Gasteiger partial charge in [-0.3, -0.25) is 4.79 Å². The summed E-state index contributed by atoms with van der Waals surface area (Å²) in [6, 6.07) is 3.55. The third-order valence-electron chi connectivity index (χ3n) is 3.09. The second kappa shape index (κ2) is 5.14. The highest BCUT2D eigenvalue weighted by atomic mass is 16.5. The van der Waals surface area contributed by atoms with E-state index in [0.717, 1.165) is 19.3 Å². The summed E-state index contributed by atoms with van der Waals surface area (Å²) in [5, 5.41) is 2.91. The fourth-order valence-corrected chi connectivity index (χ4v) is 2.13. The normalized spacial score (nSPS) is 23.4. The van der Waals surface area contributed by atoms with Crippen LogP contribution < -0.4 is 15.8 Å². The number of nitrogens with two attached hydrogens (primary N) is 1. The van der Waals surface area contributed by atoms with E-state index in [1.165, 1.54) is 7.11 Å². The van der Waals surface area contributed by atoms with Gasteiger partial charge in [0.1, 0.15) is 5.75 Å². The van der Waals surface area contributed by atoms with E-state index in [0.29, 0.717) is 11.4 Å². The average Bonchev–Trinajstić information content (AvgIpc) is 2.75. The van der Waals surface area contributed by atoms with Gasteiger partial charge in [-0.15, -0.1) is 0 Å². The quantitative estimate of drug-likeness (QED) is 0.808. The fraction of sp³-hybridized carbons (Fsp3) is 0.500. The number of hydrogen-bond donors (Lipinski definition) is 2. The number of nitrogens with zero attached hydrogens (tertiary/aromatic N) is 1. The predicted octanol–water partition coefficient (Wildman–Crippen LogP) is 0.700. The highest BCUT2D eigenvalue weighted by Crippen LogP contribution is 2.19. The van der Waals surface area contributed by atoms with Crippen LogP contribution in [0.2, 0.25) is 0 Å². The van der Waals surface area contributed by atoms with Gasteiger partial charge in [-0.2, -0.15) is 0 Å². The third-order valence-corrected chi connectivity index (χ3v) is 3.09. The minimum absolute atomic E-state index is 0.0497. The summed E-state index contributed by atoms with van der Waals surface area (Å²) in [6.07, 6.45) is 4.53. The Morgan fingerprint density at radius 1 is 1.59 bits per heavy atom. The van der Waals surface area contributed by atoms with Crippen molar-refractivity contribution >= 4 is 5.91 Å². The van der Waals surface area contributed by atoms with E-state index < -0.39 is 0 Å². The Labute approximate surface area is 100 Å². The van der Waals surface area contributed by atoms with Crippen LogP contribution >= 0.6 is 0 Å². The molecule has 2 rings (SSSR count). The molecule has 2 atom stereocenters. The molecule has 1 fully saturated rings. The molecule has 1 aromatic heterocycles. The molecule has 1 saturated carbocycles. The maximum absolute atomic E-state index is 12.0. The number of carbonyl (C=O) groups excluding carboxylic acids is 1. The van der Waals surface area contributed by atoms with Gasteiger partial charge in [-0.25, -0.2) is 4.98 Å². The first kappa shape index (κ1) is 11.9. The number of ether oxygens (including phenoxy) is 1. The van der Waals surface area contributed by atoms with Crippen molar-refractivity contribution in [1.29, 1.82) is 0 Å². The number of nitrogens with one attached hydrogen (secondary N) is 1. The Balaban J connectivity index is 2.09. The van der Waals surface area contributed by atoms with Gasteiger partial charge in [0, 0.05) is 18.3 Å².